The molecule has 0 saturated carbocycles. The van der Waals surface area contributed by atoms with Gasteiger partial charge in [0.15, 0.2) is 0 Å². The van der Waals surface area contributed by atoms with Gasteiger partial charge in [-0.25, -0.2) is 0 Å². The van der Waals surface area contributed by atoms with E-state index in [1.807, 2.05) is 0 Å². The molecule has 0 spiro atoms. The summed E-state index contributed by atoms with van der Waals surface area (Å²) in [5.74, 6) is -0.419. The molecule has 7 nitrogen and oxygen atoms in total. The number of nitrogens with zero attached hydrogens (tertiary/aromatic N) is 1. The molecule has 0 unspecified atom stereocenters. The molecule has 0 saturated heterocycles. The second kappa shape index (κ2) is 23.0. The Bertz CT molecular complexity index is 366. The SMILES string of the molecule is F[B-](F)(F)F.F[B-](F)(F)F.N.N.N.N.NC(=O)c1ccncc1.S.[Ru+2]. The van der Waals surface area contributed by atoms with Crippen molar-refractivity contribution >= 4 is 33.9 Å². The van der Waals surface area contributed by atoms with E-state index in [1.165, 1.54) is 12.4 Å². The summed E-state index contributed by atoms with van der Waals surface area (Å²) < 4.78 is 78.0. The van der Waals surface area contributed by atoms with Crippen molar-refractivity contribution in [2.24, 2.45) is 5.73 Å². The van der Waals surface area contributed by atoms with Crippen LogP contribution >= 0.6 is 13.5 Å². The number of hydrogen-bond donors (Lipinski definition) is 5. The van der Waals surface area contributed by atoms with E-state index in [0.717, 1.165) is 0 Å². The quantitative estimate of drug-likeness (QED) is 0.289. The van der Waals surface area contributed by atoms with Crippen LogP contribution in [-0.4, -0.2) is 25.4 Å². The molecule has 19 heteroatoms. The predicted molar refractivity (Wildman–Crippen MR) is 83.6 cm³/mol. The first-order valence-electron chi connectivity index (χ1n) is 4.25. The number of halogens is 8. The summed E-state index contributed by atoms with van der Waals surface area (Å²) in [6.07, 6.45) is 3.06. The molecule has 156 valence electrons. The fourth-order valence-corrected chi connectivity index (χ4v) is 0.516. The van der Waals surface area contributed by atoms with Crippen molar-refractivity contribution in [1.82, 2.24) is 29.6 Å². The fraction of sp³-hybridized carbons (Fsp3) is 0. The minimum absolute atomic E-state index is 0. The molecule has 0 aliphatic rings. The van der Waals surface area contributed by atoms with Crippen LogP contribution in [0.5, 0.6) is 0 Å². The van der Waals surface area contributed by atoms with Crippen molar-refractivity contribution in [3.8, 4) is 0 Å². The molecule has 1 rings (SSSR count). The third-order valence-electron chi connectivity index (χ3n) is 0.965. The maximum absolute atomic E-state index is 10.4. The van der Waals surface area contributed by atoms with E-state index < -0.39 is 20.4 Å². The number of carbonyl (C=O) groups is 1. The molecule has 0 radical (unpaired) electrons. The number of pyridine rings is 1. The zero-order valence-corrected chi connectivity index (χ0v) is 15.3. The molecular weight excluding hydrogens is 479 g/mol. The van der Waals surface area contributed by atoms with Gasteiger partial charge in [-0.15, -0.1) is 0 Å². The number of hydrogen-bond acceptors (Lipinski definition) is 6. The number of carbonyl (C=O) groups excluding carboxylic acids is 1. The van der Waals surface area contributed by atoms with Gasteiger partial charge in [-0.1, -0.05) is 0 Å². The maximum atomic E-state index is 10.4. The van der Waals surface area contributed by atoms with E-state index in [-0.39, 0.29) is 57.6 Å². The zero-order valence-electron chi connectivity index (χ0n) is 12.6. The Hall–Kier alpha value is -0.997. The Morgan fingerprint density at radius 3 is 1.12 bits per heavy atom. The Morgan fingerprint density at radius 2 is 1.00 bits per heavy atom. The second-order valence-corrected chi connectivity index (χ2v) is 2.59. The number of rotatable bonds is 1. The van der Waals surface area contributed by atoms with Crippen LogP contribution in [0.3, 0.4) is 0 Å². The van der Waals surface area contributed by atoms with Gasteiger partial charge < -0.3 is 64.9 Å². The van der Waals surface area contributed by atoms with Gasteiger partial charge in [-0.05, 0) is 12.1 Å². The largest absolute Gasteiger partial charge is 2.00 e. The van der Waals surface area contributed by atoms with Gasteiger partial charge >= 0.3 is 34.0 Å². The number of amides is 1. The molecule has 0 bridgehead atoms. The Balaban J connectivity index is -0.0000000273. The number of nitrogens with two attached hydrogens (primary N) is 1. The van der Waals surface area contributed by atoms with E-state index in [2.05, 4.69) is 4.98 Å². The smallest absolute Gasteiger partial charge is 0.418 e. The molecule has 1 amide bonds. The molecule has 14 N–H and O–H groups in total. The molecule has 0 fully saturated rings. The third-order valence-corrected chi connectivity index (χ3v) is 0.965. The summed E-state index contributed by atoms with van der Waals surface area (Å²) in [6, 6.07) is 3.14. The molecule has 1 heterocycles. The average Bonchev–Trinajstić information content (AvgIpc) is 2.13. The van der Waals surface area contributed by atoms with Gasteiger partial charge in [0.25, 0.3) is 0 Å². The van der Waals surface area contributed by atoms with Gasteiger partial charge in [0.05, 0.1) is 0 Å². The van der Waals surface area contributed by atoms with Crippen LogP contribution in [0.4, 0.5) is 34.5 Å². The molecule has 0 aliphatic heterocycles. The number of primary amides is 1. The molecule has 25 heavy (non-hydrogen) atoms. The summed E-state index contributed by atoms with van der Waals surface area (Å²) in [6.45, 7) is 0. The first-order chi connectivity index (χ1) is 8.30. The van der Waals surface area contributed by atoms with Gasteiger partial charge in [0.2, 0.25) is 5.91 Å². The van der Waals surface area contributed by atoms with Crippen molar-refractivity contribution in [2.75, 3.05) is 0 Å². The predicted octanol–water partition coefficient (Wildman–Crippen LogP) is 3.54. The van der Waals surface area contributed by atoms with Gasteiger partial charge in [0.1, 0.15) is 0 Å². The van der Waals surface area contributed by atoms with Crippen LogP contribution < -0.4 is 30.3 Å². The summed E-state index contributed by atoms with van der Waals surface area (Å²) in [5, 5.41) is 0. The van der Waals surface area contributed by atoms with Crippen LogP contribution in [0.15, 0.2) is 24.5 Å². The van der Waals surface area contributed by atoms with Crippen molar-refractivity contribution < 1.29 is 58.8 Å². The molecule has 1 aromatic heterocycles. The summed E-state index contributed by atoms with van der Waals surface area (Å²) in [5.41, 5.74) is 5.44. The van der Waals surface area contributed by atoms with E-state index in [4.69, 9.17) is 5.73 Å². The van der Waals surface area contributed by atoms with Crippen molar-refractivity contribution in [3.05, 3.63) is 30.1 Å². The molecule has 0 aliphatic carbocycles. The first-order valence-corrected chi connectivity index (χ1v) is 4.25. The minimum Gasteiger partial charge on any atom is -0.418 e. The van der Waals surface area contributed by atoms with Crippen LogP contribution in [0.1, 0.15) is 10.4 Å². The van der Waals surface area contributed by atoms with Crippen molar-refractivity contribution in [1.29, 1.82) is 0 Å². The molecule has 0 aromatic carbocycles. The standard InChI is InChI=1S/C6H6N2O.2BF4.4H3N.Ru.H2S/c7-6(9)5-1-3-8-4-2-5;2*2-1(3,4)5;;;;;;/h1-4H,(H2,7,9);;;4*1H3;;1H2/q;2*-1;;;;;+2;. The molecule has 0 atom stereocenters. The van der Waals surface area contributed by atoms with E-state index in [9.17, 15) is 39.3 Å². The normalized spacial score (nSPS) is 8.00. The summed E-state index contributed by atoms with van der Waals surface area (Å²) in [4.78, 5) is 14.1. The van der Waals surface area contributed by atoms with E-state index in [0.29, 0.717) is 5.56 Å². The first kappa shape index (κ1) is 49.6. The second-order valence-electron chi connectivity index (χ2n) is 2.59. The van der Waals surface area contributed by atoms with Crippen LogP contribution in [0, 0.1) is 0 Å². The topological polar surface area (TPSA) is 196 Å². The maximum Gasteiger partial charge on any atom is 2.00 e. The van der Waals surface area contributed by atoms with Crippen LogP contribution in [0.2, 0.25) is 0 Å². The zero-order chi connectivity index (χ0) is 15.7. The van der Waals surface area contributed by atoms with E-state index in [1.54, 1.807) is 12.1 Å². The fourth-order valence-electron chi connectivity index (χ4n) is 0.516. The average molecular weight is 499 g/mol. The minimum atomic E-state index is -6.00. The summed E-state index contributed by atoms with van der Waals surface area (Å²) in [7, 11) is -12.0. The Morgan fingerprint density at radius 1 is 0.800 bits per heavy atom. The van der Waals surface area contributed by atoms with Crippen molar-refractivity contribution in [3.63, 3.8) is 0 Å². The van der Waals surface area contributed by atoms with Crippen LogP contribution in [0.25, 0.3) is 0 Å². The van der Waals surface area contributed by atoms with Crippen LogP contribution in [-0.2, 0) is 19.5 Å². The van der Waals surface area contributed by atoms with Gasteiger partial charge in [0, 0.05) is 18.0 Å². The van der Waals surface area contributed by atoms with Gasteiger partial charge in [-0.2, -0.15) is 13.5 Å². The third kappa shape index (κ3) is 83.8. The monoisotopic (exact) mass is 500 g/mol. The summed E-state index contributed by atoms with van der Waals surface area (Å²) >= 11 is 0. The number of aromatic nitrogens is 1. The Kier molecular flexibility index (Phi) is 45.6. The Labute approximate surface area is 158 Å². The van der Waals surface area contributed by atoms with E-state index >= 15 is 0 Å². The van der Waals surface area contributed by atoms with Crippen molar-refractivity contribution in [2.45, 2.75) is 0 Å². The molecular formula is C6H20B2F8N6ORuS. The molecule has 1 aromatic rings. The van der Waals surface area contributed by atoms with Gasteiger partial charge in [-0.3, -0.25) is 9.78 Å².